The number of para-hydroxylation sites is 1. The Morgan fingerprint density at radius 1 is 0.775 bits per heavy atom. The van der Waals surface area contributed by atoms with Gasteiger partial charge in [-0.3, -0.25) is 14.4 Å². The van der Waals surface area contributed by atoms with E-state index in [1.807, 2.05) is 85.8 Å². The molecule has 0 N–H and O–H groups in total. The van der Waals surface area contributed by atoms with Crippen molar-refractivity contribution in [3.63, 3.8) is 0 Å². The van der Waals surface area contributed by atoms with Crippen LogP contribution in [-0.2, 0) is 21.0 Å². The van der Waals surface area contributed by atoms with Crippen molar-refractivity contribution in [3.8, 4) is 11.5 Å². The molecule has 40 heavy (non-hydrogen) atoms. The summed E-state index contributed by atoms with van der Waals surface area (Å²) >= 11 is 3.41. The number of ether oxygens (including phenoxy) is 2. The van der Waals surface area contributed by atoms with E-state index in [2.05, 4.69) is 15.9 Å². The summed E-state index contributed by atoms with van der Waals surface area (Å²) in [5.41, 5.74) is 3.09. The third-order valence-corrected chi connectivity index (χ3v) is 7.59. The molecule has 0 bridgehead atoms. The number of anilines is 2. The predicted octanol–water partition coefficient (Wildman–Crippen LogP) is 6.48. The van der Waals surface area contributed by atoms with E-state index in [0.29, 0.717) is 30.4 Å². The SMILES string of the molecule is CCOc1cc([C@@H]2[C@@H]3C(=O)N(c4ccc(Br)cc4)C(=O)[C@H]3ON2c2ccccc2)ccc1OCc1ccccc1. The number of carbonyl (C=O) groups excluding carboxylic acids is 2. The van der Waals surface area contributed by atoms with Crippen LogP contribution < -0.4 is 19.4 Å². The van der Waals surface area contributed by atoms with Gasteiger partial charge in [0.05, 0.1) is 24.0 Å². The van der Waals surface area contributed by atoms with Crippen LogP contribution in [0.3, 0.4) is 0 Å². The van der Waals surface area contributed by atoms with Crippen molar-refractivity contribution in [2.45, 2.75) is 25.7 Å². The quantitative estimate of drug-likeness (QED) is 0.216. The number of benzene rings is 4. The van der Waals surface area contributed by atoms with Crippen molar-refractivity contribution in [2.75, 3.05) is 16.6 Å². The maximum absolute atomic E-state index is 13.9. The minimum Gasteiger partial charge on any atom is -0.490 e. The maximum Gasteiger partial charge on any atom is 0.266 e. The van der Waals surface area contributed by atoms with Gasteiger partial charge in [0.1, 0.15) is 12.5 Å². The number of halogens is 1. The molecule has 2 fully saturated rings. The van der Waals surface area contributed by atoms with Crippen LogP contribution >= 0.6 is 15.9 Å². The predicted molar refractivity (Wildman–Crippen MR) is 155 cm³/mol. The number of carbonyl (C=O) groups is 2. The van der Waals surface area contributed by atoms with E-state index in [-0.39, 0.29) is 11.8 Å². The highest BCUT2D eigenvalue weighted by atomic mass is 79.9. The lowest BCUT2D eigenvalue weighted by molar-refractivity contribution is -0.126. The smallest absolute Gasteiger partial charge is 0.266 e. The Balaban J connectivity index is 1.37. The van der Waals surface area contributed by atoms with Gasteiger partial charge in [-0.05, 0) is 66.6 Å². The van der Waals surface area contributed by atoms with Gasteiger partial charge < -0.3 is 9.47 Å². The molecule has 0 spiro atoms. The van der Waals surface area contributed by atoms with Crippen LogP contribution in [0.15, 0.2) is 108 Å². The van der Waals surface area contributed by atoms with Gasteiger partial charge in [-0.2, -0.15) is 0 Å². The molecule has 2 aliphatic heterocycles. The summed E-state index contributed by atoms with van der Waals surface area (Å²) in [6.45, 7) is 2.74. The lowest BCUT2D eigenvalue weighted by Crippen LogP contribution is -2.37. The van der Waals surface area contributed by atoms with Gasteiger partial charge in [0.2, 0.25) is 5.91 Å². The molecular formula is C32H27BrN2O5. The number of amides is 2. The molecule has 8 heteroatoms. The second kappa shape index (κ2) is 11.2. The molecular weight excluding hydrogens is 572 g/mol. The number of fused-ring (bicyclic) bond motifs is 1. The highest BCUT2D eigenvalue weighted by Gasteiger charge is 2.60. The fraction of sp³-hybridized carbons (Fsp3) is 0.188. The van der Waals surface area contributed by atoms with Gasteiger partial charge in [-0.15, -0.1) is 0 Å². The fourth-order valence-electron chi connectivity index (χ4n) is 5.23. The summed E-state index contributed by atoms with van der Waals surface area (Å²) in [5, 5.41) is 1.68. The lowest BCUT2D eigenvalue weighted by atomic mass is 9.90. The summed E-state index contributed by atoms with van der Waals surface area (Å²) in [7, 11) is 0. The maximum atomic E-state index is 13.9. The number of imide groups is 1. The van der Waals surface area contributed by atoms with Gasteiger partial charge in [-0.1, -0.05) is 70.5 Å². The Kier molecular flexibility index (Phi) is 7.28. The average Bonchev–Trinajstić information content (AvgIpc) is 3.49. The molecule has 2 saturated heterocycles. The standard InChI is InChI=1S/C32H27BrN2O5/c1-2-38-27-19-22(13-18-26(27)39-20-21-9-5-3-6-10-21)29-28-30(40-35(29)25-11-7-4-8-12-25)32(37)34(31(28)36)24-16-14-23(33)15-17-24/h3-19,28-30H,2,20H2,1H3/t28-,29+,30-/m0/s1. The first-order valence-electron chi connectivity index (χ1n) is 13.1. The molecule has 4 aromatic rings. The topological polar surface area (TPSA) is 68.3 Å². The molecule has 2 amide bonds. The van der Waals surface area contributed by atoms with E-state index >= 15 is 0 Å². The fourth-order valence-corrected chi connectivity index (χ4v) is 5.49. The molecule has 2 aliphatic rings. The Bertz CT molecular complexity index is 1510. The first-order chi connectivity index (χ1) is 19.5. The normalized spacial score (nSPS) is 20.1. The van der Waals surface area contributed by atoms with Crippen molar-refractivity contribution in [1.29, 1.82) is 0 Å². The van der Waals surface area contributed by atoms with Gasteiger partial charge in [0.15, 0.2) is 17.6 Å². The van der Waals surface area contributed by atoms with Crippen molar-refractivity contribution in [1.82, 2.24) is 0 Å². The molecule has 7 nitrogen and oxygen atoms in total. The highest BCUT2D eigenvalue weighted by Crippen LogP contribution is 2.48. The minimum atomic E-state index is -0.953. The van der Waals surface area contributed by atoms with E-state index < -0.39 is 18.1 Å². The molecule has 0 unspecified atom stereocenters. The Morgan fingerprint density at radius 3 is 2.17 bits per heavy atom. The van der Waals surface area contributed by atoms with Gasteiger partial charge in [-0.25, -0.2) is 9.96 Å². The molecule has 0 saturated carbocycles. The third-order valence-electron chi connectivity index (χ3n) is 7.06. The summed E-state index contributed by atoms with van der Waals surface area (Å²) in [6, 6.07) is 31.6. The average molecular weight is 599 g/mol. The first kappa shape index (κ1) is 26.1. The monoisotopic (exact) mass is 598 g/mol. The molecule has 6 rings (SSSR count). The van der Waals surface area contributed by atoms with Crippen LogP contribution in [0.5, 0.6) is 11.5 Å². The second-order valence-electron chi connectivity index (χ2n) is 9.56. The van der Waals surface area contributed by atoms with E-state index in [1.54, 1.807) is 29.3 Å². The minimum absolute atomic E-state index is 0.303. The first-order valence-corrected chi connectivity index (χ1v) is 13.9. The van der Waals surface area contributed by atoms with Crippen molar-refractivity contribution >= 4 is 39.1 Å². The van der Waals surface area contributed by atoms with Crippen LogP contribution in [0.1, 0.15) is 24.1 Å². The number of hydroxylamine groups is 1. The number of hydrogen-bond acceptors (Lipinski definition) is 6. The van der Waals surface area contributed by atoms with Crippen LogP contribution in [0.25, 0.3) is 0 Å². The second-order valence-corrected chi connectivity index (χ2v) is 10.5. The van der Waals surface area contributed by atoms with E-state index in [1.165, 1.54) is 4.90 Å². The van der Waals surface area contributed by atoms with Gasteiger partial charge >= 0.3 is 0 Å². The largest absolute Gasteiger partial charge is 0.490 e. The molecule has 3 atom stereocenters. The summed E-state index contributed by atoms with van der Waals surface area (Å²) < 4.78 is 12.9. The Labute approximate surface area is 241 Å². The molecule has 2 heterocycles. The summed E-state index contributed by atoms with van der Waals surface area (Å²) in [5.74, 6) is -0.269. The molecule has 0 aromatic heterocycles. The van der Waals surface area contributed by atoms with E-state index in [0.717, 1.165) is 21.3 Å². The zero-order valence-corrected chi connectivity index (χ0v) is 23.4. The van der Waals surface area contributed by atoms with Crippen molar-refractivity contribution in [2.24, 2.45) is 5.92 Å². The van der Waals surface area contributed by atoms with Crippen LogP contribution in [0.2, 0.25) is 0 Å². The summed E-state index contributed by atoms with van der Waals surface area (Å²) in [6.07, 6.45) is -0.953. The number of hydrogen-bond donors (Lipinski definition) is 0. The zero-order chi connectivity index (χ0) is 27.6. The molecule has 0 aliphatic carbocycles. The number of rotatable bonds is 8. The Morgan fingerprint density at radius 2 is 1.48 bits per heavy atom. The third kappa shape index (κ3) is 4.85. The van der Waals surface area contributed by atoms with Crippen molar-refractivity contribution < 1.29 is 23.9 Å². The van der Waals surface area contributed by atoms with Crippen LogP contribution in [0.4, 0.5) is 11.4 Å². The molecule has 202 valence electrons. The zero-order valence-electron chi connectivity index (χ0n) is 21.8. The van der Waals surface area contributed by atoms with Crippen LogP contribution in [-0.4, -0.2) is 24.5 Å². The molecule has 4 aromatic carbocycles. The number of nitrogens with zero attached hydrogens (tertiary/aromatic N) is 2. The van der Waals surface area contributed by atoms with Gasteiger partial charge in [0, 0.05) is 4.47 Å². The van der Waals surface area contributed by atoms with E-state index in [9.17, 15) is 9.59 Å². The summed E-state index contributed by atoms with van der Waals surface area (Å²) in [4.78, 5) is 35.0. The van der Waals surface area contributed by atoms with E-state index in [4.69, 9.17) is 14.3 Å². The van der Waals surface area contributed by atoms with Crippen LogP contribution in [0, 0.1) is 5.92 Å². The Hall–Kier alpha value is -4.14. The lowest BCUT2D eigenvalue weighted by Gasteiger charge is -2.29. The van der Waals surface area contributed by atoms with Crippen molar-refractivity contribution in [3.05, 3.63) is 119 Å². The molecule has 0 radical (unpaired) electrons. The highest BCUT2D eigenvalue weighted by molar-refractivity contribution is 9.10. The van der Waals surface area contributed by atoms with Gasteiger partial charge in [0.25, 0.3) is 5.91 Å².